The number of nitrogens with zero attached hydrogens (tertiary/aromatic N) is 1. The van der Waals surface area contributed by atoms with Gasteiger partial charge in [-0.25, -0.2) is 0 Å². The van der Waals surface area contributed by atoms with Crippen LogP contribution in [-0.4, -0.2) is 24.5 Å². The standard InChI is InChI=1S/C20H24N2O5/c1-13(2)20(15-6-8-16(26-4)9-7-15)21-19(23)12-27-18-11-14(3)5-10-17(18)22(24)25/h5-11,13,20H,12H2,1-4H3,(H,21,23). The normalized spacial score (nSPS) is 11.7. The Morgan fingerprint density at radius 3 is 2.41 bits per heavy atom. The van der Waals surface area contributed by atoms with E-state index in [1.807, 2.05) is 38.1 Å². The molecule has 0 fully saturated rings. The SMILES string of the molecule is COc1ccc(C(NC(=O)COc2cc(C)ccc2[N+](=O)[O-])C(C)C)cc1. The Hall–Kier alpha value is -3.09. The van der Waals surface area contributed by atoms with E-state index >= 15 is 0 Å². The van der Waals surface area contributed by atoms with E-state index in [9.17, 15) is 14.9 Å². The summed E-state index contributed by atoms with van der Waals surface area (Å²) in [6.45, 7) is 5.50. The number of hydrogen-bond donors (Lipinski definition) is 1. The van der Waals surface area contributed by atoms with Crippen molar-refractivity contribution in [2.45, 2.75) is 26.8 Å². The summed E-state index contributed by atoms with van der Waals surface area (Å²) in [6, 6.07) is 11.8. The minimum absolute atomic E-state index is 0.0840. The molecule has 1 amide bonds. The maximum atomic E-state index is 12.4. The van der Waals surface area contributed by atoms with Gasteiger partial charge in [-0.2, -0.15) is 0 Å². The molecular weight excluding hydrogens is 348 g/mol. The molecule has 0 radical (unpaired) electrons. The van der Waals surface area contributed by atoms with E-state index in [1.165, 1.54) is 6.07 Å². The average molecular weight is 372 g/mol. The van der Waals surface area contributed by atoms with Gasteiger partial charge in [-0.05, 0) is 42.2 Å². The molecule has 0 aliphatic heterocycles. The maximum Gasteiger partial charge on any atom is 0.310 e. The lowest BCUT2D eigenvalue weighted by molar-refractivity contribution is -0.385. The minimum Gasteiger partial charge on any atom is -0.497 e. The molecule has 0 aromatic heterocycles. The molecule has 0 saturated carbocycles. The topological polar surface area (TPSA) is 90.7 Å². The molecule has 2 rings (SSSR count). The van der Waals surface area contributed by atoms with Gasteiger partial charge in [0.1, 0.15) is 5.75 Å². The number of hydrogen-bond acceptors (Lipinski definition) is 5. The fourth-order valence-corrected chi connectivity index (χ4v) is 2.69. The highest BCUT2D eigenvalue weighted by atomic mass is 16.6. The van der Waals surface area contributed by atoms with Crippen molar-refractivity contribution in [3.63, 3.8) is 0 Å². The molecule has 7 nitrogen and oxygen atoms in total. The molecule has 0 aliphatic carbocycles. The molecule has 0 bridgehead atoms. The van der Waals surface area contributed by atoms with Crippen LogP contribution < -0.4 is 14.8 Å². The lowest BCUT2D eigenvalue weighted by atomic mass is 9.96. The molecule has 1 unspecified atom stereocenters. The van der Waals surface area contributed by atoms with Crippen LogP contribution >= 0.6 is 0 Å². The smallest absolute Gasteiger partial charge is 0.310 e. The largest absolute Gasteiger partial charge is 0.497 e. The Bertz CT molecular complexity index is 803. The number of rotatable bonds is 8. The summed E-state index contributed by atoms with van der Waals surface area (Å²) >= 11 is 0. The number of ether oxygens (including phenoxy) is 2. The third kappa shape index (κ3) is 5.44. The minimum atomic E-state index is -0.527. The van der Waals surface area contributed by atoms with E-state index in [1.54, 1.807) is 26.2 Å². The van der Waals surface area contributed by atoms with Crippen molar-refractivity contribution in [1.82, 2.24) is 5.32 Å². The van der Waals surface area contributed by atoms with E-state index in [4.69, 9.17) is 9.47 Å². The van der Waals surface area contributed by atoms with Gasteiger partial charge in [-0.3, -0.25) is 14.9 Å². The average Bonchev–Trinajstić information content (AvgIpc) is 2.64. The highest BCUT2D eigenvalue weighted by Gasteiger charge is 2.20. The second-order valence-corrected chi connectivity index (χ2v) is 6.58. The number of aryl methyl sites for hydroxylation is 1. The predicted octanol–water partition coefficient (Wildman–Crippen LogP) is 3.80. The number of carbonyl (C=O) groups is 1. The first kappa shape index (κ1) is 20.2. The number of benzene rings is 2. The Kier molecular flexibility index (Phi) is 6.76. The zero-order valence-electron chi connectivity index (χ0n) is 15.9. The van der Waals surface area contributed by atoms with Crippen LogP contribution in [0.15, 0.2) is 42.5 Å². The van der Waals surface area contributed by atoms with Gasteiger partial charge < -0.3 is 14.8 Å². The first-order valence-corrected chi connectivity index (χ1v) is 8.63. The van der Waals surface area contributed by atoms with Crippen LogP contribution in [0.25, 0.3) is 0 Å². The van der Waals surface area contributed by atoms with Crippen molar-refractivity contribution in [2.75, 3.05) is 13.7 Å². The van der Waals surface area contributed by atoms with Crippen LogP contribution in [0.5, 0.6) is 11.5 Å². The molecule has 1 atom stereocenters. The van der Waals surface area contributed by atoms with E-state index < -0.39 is 4.92 Å². The summed E-state index contributed by atoms with van der Waals surface area (Å²) in [7, 11) is 1.60. The zero-order valence-corrected chi connectivity index (χ0v) is 15.9. The Morgan fingerprint density at radius 1 is 1.19 bits per heavy atom. The van der Waals surface area contributed by atoms with Crippen LogP contribution in [0.1, 0.15) is 31.0 Å². The van der Waals surface area contributed by atoms with Gasteiger partial charge in [0.25, 0.3) is 5.91 Å². The highest BCUT2D eigenvalue weighted by molar-refractivity contribution is 5.78. The molecule has 27 heavy (non-hydrogen) atoms. The first-order chi connectivity index (χ1) is 12.8. The number of methoxy groups -OCH3 is 1. The van der Waals surface area contributed by atoms with Gasteiger partial charge in [-0.1, -0.05) is 32.0 Å². The zero-order chi connectivity index (χ0) is 20.0. The number of amides is 1. The Labute approximate surface area is 158 Å². The van der Waals surface area contributed by atoms with Crippen LogP contribution in [0.2, 0.25) is 0 Å². The van der Waals surface area contributed by atoms with Crippen molar-refractivity contribution in [3.8, 4) is 11.5 Å². The van der Waals surface area contributed by atoms with Gasteiger partial charge in [0.15, 0.2) is 12.4 Å². The van der Waals surface area contributed by atoms with Gasteiger partial charge >= 0.3 is 5.69 Å². The number of nitro groups is 1. The van der Waals surface area contributed by atoms with Gasteiger partial charge in [-0.15, -0.1) is 0 Å². The van der Waals surface area contributed by atoms with Crippen LogP contribution in [0, 0.1) is 23.0 Å². The predicted molar refractivity (Wildman–Crippen MR) is 102 cm³/mol. The van der Waals surface area contributed by atoms with Crippen molar-refractivity contribution in [3.05, 3.63) is 63.7 Å². The number of nitrogens with one attached hydrogen (secondary N) is 1. The Morgan fingerprint density at radius 2 is 1.85 bits per heavy atom. The molecule has 2 aromatic carbocycles. The van der Waals surface area contributed by atoms with Gasteiger partial charge in [0.05, 0.1) is 18.1 Å². The second kappa shape index (κ2) is 9.02. The number of carbonyl (C=O) groups excluding carboxylic acids is 1. The van der Waals surface area contributed by atoms with E-state index in [2.05, 4.69) is 5.32 Å². The fourth-order valence-electron chi connectivity index (χ4n) is 2.69. The molecule has 0 saturated heterocycles. The highest BCUT2D eigenvalue weighted by Crippen LogP contribution is 2.28. The summed E-state index contributed by atoms with van der Waals surface area (Å²) in [5.74, 6) is 0.624. The molecule has 1 N–H and O–H groups in total. The Balaban J connectivity index is 2.06. The van der Waals surface area contributed by atoms with Crippen LogP contribution in [-0.2, 0) is 4.79 Å². The first-order valence-electron chi connectivity index (χ1n) is 8.63. The molecule has 2 aromatic rings. The maximum absolute atomic E-state index is 12.4. The lowest BCUT2D eigenvalue weighted by Gasteiger charge is -2.23. The van der Waals surface area contributed by atoms with Crippen LogP contribution in [0.4, 0.5) is 5.69 Å². The summed E-state index contributed by atoms with van der Waals surface area (Å²) in [4.78, 5) is 22.9. The molecule has 144 valence electrons. The summed E-state index contributed by atoms with van der Waals surface area (Å²) in [6.07, 6.45) is 0. The molecular formula is C20H24N2O5. The molecule has 0 heterocycles. The van der Waals surface area contributed by atoms with Crippen molar-refractivity contribution in [1.29, 1.82) is 0 Å². The second-order valence-electron chi connectivity index (χ2n) is 6.58. The van der Waals surface area contributed by atoms with Gasteiger partial charge in [0.2, 0.25) is 0 Å². The fraction of sp³-hybridized carbons (Fsp3) is 0.350. The van der Waals surface area contributed by atoms with E-state index in [-0.39, 0.29) is 35.9 Å². The van der Waals surface area contributed by atoms with Crippen molar-refractivity contribution < 1.29 is 19.2 Å². The third-order valence-electron chi connectivity index (χ3n) is 4.13. The quantitative estimate of drug-likeness (QED) is 0.562. The van der Waals surface area contributed by atoms with E-state index in [0.29, 0.717) is 0 Å². The lowest BCUT2D eigenvalue weighted by Crippen LogP contribution is -2.35. The third-order valence-corrected chi connectivity index (χ3v) is 4.13. The molecule has 0 spiro atoms. The molecule has 7 heteroatoms. The van der Waals surface area contributed by atoms with Crippen LogP contribution in [0.3, 0.4) is 0 Å². The monoisotopic (exact) mass is 372 g/mol. The van der Waals surface area contributed by atoms with E-state index in [0.717, 1.165) is 16.9 Å². The number of nitro benzene ring substituents is 1. The summed E-state index contributed by atoms with van der Waals surface area (Å²) in [5.41, 5.74) is 1.60. The van der Waals surface area contributed by atoms with Gasteiger partial charge in [0, 0.05) is 6.07 Å². The molecule has 0 aliphatic rings. The summed E-state index contributed by atoms with van der Waals surface area (Å²) < 4.78 is 10.6. The van der Waals surface area contributed by atoms with Crippen molar-refractivity contribution >= 4 is 11.6 Å². The van der Waals surface area contributed by atoms with Crippen molar-refractivity contribution in [2.24, 2.45) is 5.92 Å². The summed E-state index contributed by atoms with van der Waals surface area (Å²) in [5, 5.41) is 14.0.